The second kappa shape index (κ2) is 8.52. The van der Waals surface area contributed by atoms with Gasteiger partial charge in [-0.25, -0.2) is 8.42 Å². The van der Waals surface area contributed by atoms with Gasteiger partial charge in [-0.05, 0) is 55.5 Å². The molecule has 2 N–H and O–H groups in total. The summed E-state index contributed by atoms with van der Waals surface area (Å²) < 4.78 is 27.4. The van der Waals surface area contributed by atoms with E-state index in [1.807, 2.05) is 0 Å². The predicted molar refractivity (Wildman–Crippen MR) is 114 cm³/mol. The third-order valence-corrected chi connectivity index (χ3v) is 5.80. The summed E-state index contributed by atoms with van der Waals surface area (Å²) in [5.74, 6) is -0.550. The van der Waals surface area contributed by atoms with Crippen LogP contribution in [0.5, 0.6) is 0 Å². The molecule has 0 heterocycles. The molecule has 154 valence electrons. The van der Waals surface area contributed by atoms with Crippen LogP contribution in [0.1, 0.15) is 15.9 Å². The molecule has 1 amide bonds. The van der Waals surface area contributed by atoms with Crippen molar-refractivity contribution in [1.29, 1.82) is 0 Å². The monoisotopic (exact) mass is 445 g/mol. The molecule has 0 unspecified atom stereocenters. The van der Waals surface area contributed by atoms with Crippen LogP contribution in [-0.4, -0.2) is 19.2 Å². The van der Waals surface area contributed by atoms with E-state index in [4.69, 9.17) is 11.6 Å². The van der Waals surface area contributed by atoms with Crippen molar-refractivity contribution >= 4 is 44.6 Å². The highest BCUT2D eigenvalue weighted by Gasteiger charge is 2.17. The second-order valence-corrected chi connectivity index (χ2v) is 8.47. The molecule has 3 aromatic carbocycles. The lowest BCUT2D eigenvalue weighted by Gasteiger charge is -2.10. The maximum Gasteiger partial charge on any atom is 0.273 e. The Morgan fingerprint density at radius 3 is 2.33 bits per heavy atom. The Balaban J connectivity index is 1.75. The zero-order valence-corrected chi connectivity index (χ0v) is 17.2. The van der Waals surface area contributed by atoms with Crippen LogP contribution in [0.4, 0.5) is 17.1 Å². The minimum absolute atomic E-state index is 0.00792. The summed E-state index contributed by atoms with van der Waals surface area (Å²) in [6.07, 6.45) is 0. The molecule has 10 heteroatoms. The number of aryl methyl sites for hydroxylation is 1. The zero-order chi connectivity index (χ0) is 21.9. The highest BCUT2D eigenvalue weighted by Crippen LogP contribution is 2.22. The van der Waals surface area contributed by atoms with Crippen molar-refractivity contribution in [2.75, 3.05) is 10.0 Å². The standard InChI is InChI=1S/C20H16ClN3O5S/c1-13-5-6-14(11-19(13)24(26)27)20(25)22-16-7-9-18(10-8-16)30(28,29)23-17-4-2-3-15(21)12-17/h2-12,23H,1H3,(H,22,25). The number of sulfonamides is 1. The van der Waals surface area contributed by atoms with Gasteiger partial charge in [0.25, 0.3) is 21.6 Å². The molecule has 3 aromatic rings. The third kappa shape index (κ3) is 4.94. The fourth-order valence-corrected chi connectivity index (χ4v) is 3.87. The first-order valence-electron chi connectivity index (χ1n) is 8.60. The summed E-state index contributed by atoms with van der Waals surface area (Å²) in [4.78, 5) is 22.9. The third-order valence-electron chi connectivity index (χ3n) is 4.17. The molecular formula is C20H16ClN3O5S. The van der Waals surface area contributed by atoms with Crippen LogP contribution in [0.15, 0.2) is 71.6 Å². The Labute approximate surface area is 177 Å². The first kappa shape index (κ1) is 21.3. The lowest BCUT2D eigenvalue weighted by molar-refractivity contribution is -0.385. The number of anilines is 2. The Morgan fingerprint density at radius 2 is 1.70 bits per heavy atom. The van der Waals surface area contributed by atoms with E-state index in [1.165, 1.54) is 48.5 Å². The van der Waals surface area contributed by atoms with E-state index in [-0.39, 0.29) is 16.1 Å². The van der Waals surface area contributed by atoms with E-state index in [0.29, 0.717) is 22.0 Å². The molecule has 0 saturated heterocycles. The Bertz CT molecular complexity index is 1230. The van der Waals surface area contributed by atoms with Crippen molar-refractivity contribution < 1.29 is 18.1 Å². The number of rotatable bonds is 6. The maximum absolute atomic E-state index is 12.5. The van der Waals surface area contributed by atoms with Crippen molar-refractivity contribution in [2.24, 2.45) is 0 Å². The van der Waals surface area contributed by atoms with Crippen molar-refractivity contribution in [2.45, 2.75) is 11.8 Å². The van der Waals surface area contributed by atoms with Gasteiger partial charge >= 0.3 is 0 Å². The van der Waals surface area contributed by atoms with Crippen LogP contribution in [0.3, 0.4) is 0 Å². The van der Waals surface area contributed by atoms with Gasteiger partial charge in [0, 0.05) is 27.9 Å². The van der Waals surface area contributed by atoms with Crippen LogP contribution in [0.2, 0.25) is 5.02 Å². The Hall–Kier alpha value is -3.43. The fraction of sp³-hybridized carbons (Fsp3) is 0.0500. The topological polar surface area (TPSA) is 118 Å². The molecule has 0 bridgehead atoms. The number of nitro groups is 1. The average Bonchev–Trinajstić information content (AvgIpc) is 2.68. The van der Waals surface area contributed by atoms with Gasteiger partial charge in [0.15, 0.2) is 0 Å². The summed E-state index contributed by atoms with van der Waals surface area (Å²) in [6.45, 7) is 1.58. The second-order valence-electron chi connectivity index (χ2n) is 6.35. The van der Waals surface area contributed by atoms with Crippen LogP contribution in [-0.2, 0) is 10.0 Å². The first-order valence-corrected chi connectivity index (χ1v) is 10.5. The molecule has 0 fully saturated rings. The zero-order valence-electron chi connectivity index (χ0n) is 15.6. The molecule has 0 atom stereocenters. The van der Waals surface area contributed by atoms with E-state index in [0.717, 1.165) is 0 Å². The summed E-state index contributed by atoms with van der Waals surface area (Å²) in [5.41, 5.74) is 1.06. The van der Waals surface area contributed by atoms with Crippen LogP contribution in [0.25, 0.3) is 0 Å². The van der Waals surface area contributed by atoms with E-state index in [2.05, 4.69) is 10.0 Å². The number of benzene rings is 3. The van der Waals surface area contributed by atoms with Crippen molar-refractivity contribution in [3.63, 3.8) is 0 Å². The van der Waals surface area contributed by atoms with E-state index in [9.17, 15) is 23.3 Å². The number of amides is 1. The van der Waals surface area contributed by atoms with Crippen molar-refractivity contribution in [3.05, 3.63) is 93.0 Å². The van der Waals surface area contributed by atoms with E-state index >= 15 is 0 Å². The summed E-state index contributed by atoms with van der Waals surface area (Å²) in [7, 11) is -3.84. The van der Waals surface area contributed by atoms with Crippen molar-refractivity contribution in [3.8, 4) is 0 Å². The largest absolute Gasteiger partial charge is 0.322 e. The average molecular weight is 446 g/mol. The number of nitro benzene ring substituents is 1. The molecule has 0 spiro atoms. The molecule has 0 aromatic heterocycles. The number of nitrogens with one attached hydrogen (secondary N) is 2. The fourth-order valence-electron chi connectivity index (χ4n) is 2.63. The van der Waals surface area contributed by atoms with Gasteiger partial charge in [0.1, 0.15) is 0 Å². The Kier molecular flexibility index (Phi) is 6.04. The number of hydrogen-bond donors (Lipinski definition) is 2. The number of nitrogens with zero attached hydrogens (tertiary/aromatic N) is 1. The van der Waals surface area contributed by atoms with E-state index in [1.54, 1.807) is 25.1 Å². The van der Waals surface area contributed by atoms with Crippen LogP contribution < -0.4 is 10.0 Å². The van der Waals surface area contributed by atoms with Gasteiger partial charge < -0.3 is 5.32 Å². The minimum atomic E-state index is -3.84. The molecule has 3 rings (SSSR count). The van der Waals surface area contributed by atoms with Crippen LogP contribution in [0, 0.1) is 17.0 Å². The summed E-state index contributed by atoms with van der Waals surface area (Å²) >= 11 is 5.86. The number of carbonyl (C=O) groups excluding carboxylic acids is 1. The molecule has 0 radical (unpaired) electrons. The normalized spacial score (nSPS) is 11.0. The van der Waals surface area contributed by atoms with Gasteiger partial charge in [-0.3, -0.25) is 19.6 Å². The molecule has 0 aliphatic heterocycles. The molecule has 30 heavy (non-hydrogen) atoms. The Morgan fingerprint density at radius 1 is 1.00 bits per heavy atom. The number of hydrogen-bond acceptors (Lipinski definition) is 5. The number of carbonyl (C=O) groups is 1. The maximum atomic E-state index is 12.5. The SMILES string of the molecule is Cc1ccc(C(=O)Nc2ccc(S(=O)(=O)Nc3cccc(Cl)c3)cc2)cc1[N+](=O)[O-]. The van der Waals surface area contributed by atoms with Crippen LogP contribution >= 0.6 is 11.6 Å². The highest BCUT2D eigenvalue weighted by atomic mass is 35.5. The first-order chi connectivity index (χ1) is 14.2. The molecule has 0 saturated carbocycles. The van der Waals surface area contributed by atoms with Gasteiger partial charge in [-0.2, -0.15) is 0 Å². The van der Waals surface area contributed by atoms with Gasteiger partial charge in [-0.15, -0.1) is 0 Å². The summed E-state index contributed by atoms with van der Waals surface area (Å²) in [5, 5.41) is 14.0. The molecule has 8 nitrogen and oxygen atoms in total. The lowest BCUT2D eigenvalue weighted by Crippen LogP contribution is -2.14. The van der Waals surface area contributed by atoms with Gasteiger partial charge in [-0.1, -0.05) is 23.7 Å². The van der Waals surface area contributed by atoms with Gasteiger partial charge in [0.05, 0.1) is 15.5 Å². The number of halogens is 1. The highest BCUT2D eigenvalue weighted by molar-refractivity contribution is 7.92. The molecule has 0 aliphatic carbocycles. The summed E-state index contributed by atoms with van der Waals surface area (Å²) in [6, 6.07) is 16.0. The molecular weight excluding hydrogens is 430 g/mol. The van der Waals surface area contributed by atoms with Crippen molar-refractivity contribution in [1.82, 2.24) is 0 Å². The lowest BCUT2D eigenvalue weighted by atomic mass is 10.1. The minimum Gasteiger partial charge on any atom is -0.322 e. The quantitative estimate of drug-likeness (QED) is 0.424. The van der Waals surface area contributed by atoms with E-state index < -0.39 is 20.9 Å². The smallest absolute Gasteiger partial charge is 0.273 e. The predicted octanol–water partition coefficient (Wildman–Crippen LogP) is 4.61. The van der Waals surface area contributed by atoms with Gasteiger partial charge in [0.2, 0.25) is 0 Å². The molecule has 0 aliphatic rings.